The third-order valence-electron chi connectivity index (χ3n) is 3.20. The average molecular weight is 272 g/mol. The Bertz CT molecular complexity index is 351. The summed E-state index contributed by atoms with van der Waals surface area (Å²) in [4.78, 5) is 8.93. The predicted octanol–water partition coefficient (Wildman–Crippen LogP) is 6.25. The van der Waals surface area contributed by atoms with Crippen LogP contribution in [0.1, 0.15) is 65.2 Å². The molecule has 0 amide bonds. The van der Waals surface area contributed by atoms with E-state index in [1.54, 1.807) is 0 Å². The lowest BCUT2D eigenvalue weighted by Gasteiger charge is -1.96. The van der Waals surface area contributed by atoms with Gasteiger partial charge in [0.15, 0.2) is 0 Å². The van der Waals surface area contributed by atoms with Gasteiger partial charge in [-0.1, -0.05) is 39.5 Å². The lowest BCUT2D eigenvalue weighted by Crippen LogP contribution is -1.77. The van der Waals surface area contributed by atoms with Crippen LogP contribution in [0.25, 0.3) is 0 Å². The molecule has 0 fully saturated rings. The fourth-order valence-electron chi connectivity index (χ4n) is 1.94. The van der Waals surface area contributed by atoms with Gasteiger partial charge in [-0.3, -0.25) is 9.98 Å². The van der Waals surface area contributed by atoms with E-state index < -0.39 is 0 Å². The zero-order valence-corrected chi connectivity index (χ0v) is 13.0. The van der Waals surface area contributed by atoms with Crippen molar-refractivity contribution in [3.05, 3.63) is 24.3 Å². The molecule has 0 aliphatic carbocycles. The van der Waals surface area contributed by atoms with Crippen LogP contribution in [0.15, 0.2) is 34.3 Å². The third-order valence-corrected chi connectivity index (χ3v) is 3.20. The first-order chi connectivity index (χ1) is 9.86. The summed E-state index contributed by atoms with van der Waals surface area (Å²) in [6.07, 6.45) is 13.8. The van der Waals surface area contributed by atoms with Crippen molar-refractivity contribution in [3.8, 4) is 0 Å². The Labute approximate surface area is 124 Å². The van der Waals surface area contributed by atoms with Crippen LogP contribution in [0.5, 0.6) is 0 Å². The maximum absolute atomic E-state index is 4.46. The summed E-state index contributed by atoms with van der Waals surface area (Å²) in [5.74, 6) is 0. The summed E-state index contributed by atoms with van der Waals surface area (Å²) in [6.45, 7) is 4.44. The second kappa shape index (κ2) is 11.4. The second-order valence-electron chi connectivity index (χ2n) is 5.13. The van der Waals surface area contributed by atoms with Gasteiger partial charge in [-0.05, 0) is 49.9 Å². The number of hydrogen-bond acceptors (Lipinski definition) is 2. The van der Waals surface area contributed by atoms with Crippen molar-refractivity contribution in [1.82, 2.24) is 0 Å². The molecule has 1 aromatic carbocycles. The van der Waals surface area contributed by atoms with Gasteiger partial charge in [0.05, 0.1) is 11.4 Å². The van der Waals surface area contributed by atoms with Gasteiger partial charge in [-0.2, -0.15) is 0 Å². The lowest BCUT2D eigenvalue weighted by molar-refractivity contribution is 0.746. The summed E-state index contributed by atoms with van der Waals surface area (Å²) in [6, 6.07) is 8.15. The van der Waals surface area contributed by atoms with Crippen LogP contribution in [-0.2, 0) is 0 Å². The molecule has 20 heavy (non-hydrogen) atoms. The van der Waals surface area contributed by atoms with E-state index in [4.69, 9.17) is 0 Å². The fraction of sp³-hybridized carbons (Fsp3) is 0.556. The Hall–Kier alpha value is -1.44. The van der Waals surface area contributed by atoms with Gasteiger partial charge in [-0.15, -0.1) is 0 Å². The van der Waals surface area contributed by atoms with Crippen LogP contribution in [0.2, 0.25) is 0 Å². The van der Waals surface area contributed by atoms with Gasteiger partial charge in [0.1, 0.15) is 0 Å². The molecule has 0 atom stereocenters. The molecule has 0 radical (unpaired) electrons. The quantitative estimate of drug-likeness (QED) is 0.355. The van der Waals surface area contributed by atoms with E-state index in [0.29, 0.717) is 0 Å². The molecule has 110 valence electrons. The van der Waals surface area contributed by atoms with Gasteiger partial charge >= 0.3 is 0 Å². The smallest absolute Gasteiger partial charge is 0.0627 e. The number of nitrogens with zero attached hydrogens (tertiary/aromatic N) is 2. The third kappa shape index (κ3) is 7.88. The first-order valence-electron chi connectivity index (χ1n) is 8.02. The van der Waals surface area contributed by atoms with E-state index in [2.05, 4.69) is 23.8 Å². The minimum absolute atomic E-state index is 1.02. The van der Waals surface area contributed by atoms with Crippen molar-refractivity contribution in [3.63, 3.8) is 0 Å². The Kier molecular flexibility index (Phi) is 9.46. The highest BCUT2D eigenvalue weighted by Crippen LogP contribution is 2.18. The van der Waals surface area contributed by atoms with E-state index in [-0.39, 0.29) is 0 Å². The Morgan fingerprint density at radius 1 is 0.700 bits per heavy atom. The standard InChI is InChI=1S/C18H28N2/c1-3-5-7-9-15-19-17-11-13-18(14-12-17)20-16-10-8-6-4-2/h11-16H,3-10H2,1-2H3. The highest BCUT2D eigenvalue weighted by molar-refractivity contribution is 5.66. The van der Waals surface area contributed by atoms with Crippen molar-refractivity contribution >= 4 is 23.8 Å². The molecule has 0 saturated heterocycles. The maximum atomic E-state index is 4.46. The van der Waals surface area contributed by atoms with Crippen LogP contribution < -0.4 is 0 Å². The van der Waals surface area contributed by atoms with Gasteiger partial charge in [0, 0.05) is 12.4 Å². The monoisotopic (exact) mass is 272 g/mol. The van der Waals surface area contributed by atoms with Crippen molar-refractivity contribution in [1.29, 1.82) is 0 Å². The summed E-state index contributed by atoms with van der Waals surface area (Å²) >= 11 is 0. The molecule has 0 saturated carbocycles. The zero-order valence-electron chi connectivity index (χ0n) is 13.0. The Morgan fingerprint density at radius 2 is 1.10 bits per heavy atom. The molecule has 0 N–H and O–H groups in total. The molecular formula is C18H28N2. The molecule has 2 nitrogen and oxygen atoms in total. The van der Waals surface area contributed by atoms with Crippen LogP contribution in [0.4, 0.5) is 11.4 Å². The topological polar surface area (TPSA) is 24.7 Å². The lowest BCUT2D eigenvalue weighted by atomic mass is 10.2. The number of hydrogen-bond donors (Lipinski definition) is 0. The van der Waals surface area contributed by atoms with E-state index >= 15 is 0 Å². The second-order valence-corrected chi connectivity index (χ2v) is 5.13. The number of unbranched alkanes of at least 4 members (excludes halogenated alkanes) is 6. The molecule has 1 rings (SSSR count). The van der Waals surface area contributed by atoms with Gasteiger partial charge in [0.2, 0.25) is 0 Å². The minimum Gasteiger partial charge on any atom is -0.261 e. The van der Waals surface area contributed by atoms with Gasteiger partial charge < -0.3 is 0 Å². The van der Waals surface area contributed by atoms with Crippen LogP contribution >= 0.6 is 0 Å². The van der Waals surface area contributed by atoms with E-state index in [1.165, 1.54) is 38.5 Å². The van der Waals surface area contributed by atoms with Crippen LogP contribution in [0, 0.1) is 0 Å². The molecule has 0 heterocycles. The molecule has 0 aliphatic heterocycles. The highest BCUT2D eigenvalue weighted by Gasteiger charge is 1.90. The summed E-state index contributed by atoms with van der Waals surface area (Å²) in [5.41, 5.74) is 2.04. The summed E-state index contributed by atoms with van der Waals surface area (Å²) in [5, 5.41) is 0. The first kappa shape index (κ1) is 16.6. The molecule has 0 bridgehead atoms. The minimum atomic E-state index is 1.02. The predicted molar refractivity (Wildman–Crippen MR) is 91.0 cm³/mol. The van der Waals surface area contributed by atoms with Crippen LogP contribution in [0.3, 0.4) is 0 Å². The van der Waals surface area contributed by atoms with Crippen LogP contribution in [-0.4, -0.2) is 12.4 Å². The largest absolute Gasteiger partial charge is 0.261 e. The van der Waals surface area contributed by atoms with Crippen molar-refractivity contribution in [2.45, 2.75) is 65.2 Å². The van der Waals surface area contributed by atoms with Crippen molar-refractivity contribution in [2.75, 3.05) is 0 Å². The molecule has 0 unspecified atom stereocenters. The van der Waals surface area contributed by atoms with Crippen molar-refractivity contribution in [2.24, 2.45) is 9.98 Å². The SMILES string of the molecule is CCCCCC=Nc1ccc(N=CCCCCC)cc1. The van der Waals surface area contributed by atoms with E-state index in [9.17, 15) is 0 Å². The zero-order chi connectivity index (χ0) is 14.5. The average Bonchev–Trinajstić information content (AvgIpc) is 2.48. The molecular weight excluding hydrogens is 244 g/mol. The van der Waals surface area contributed by atoms with Gasteiger partial charge in [-0.25, -0.2) is 0 Å². The Balaban J connectivity index is 2.32. The summed E-state index contributed by atoms with van der Waals surface area (Å²) in [7, 11) is 0. The molecule has 0 aliphatic rings. The van der Waals surface area contributed by atoms with E-state index in [0.717, 1.165) is 24.2 Å². The maximum Gasteiger partial charge on any atom is 0.0627 e. The molecule has 0 spiro atoms. The number of aliphatic imine (C=N–C) groups is 2. The van der Waals surface area contributed by atoms with E-state index in [1.807, 2.05) is 36.7 Å². The number of benzene rings is 1. The normalized spacial score (nSPS) is 11.7. The number of rotatable bonds is 10. The highest BCUT2D eigenvalue weighted by atomic mass is 14.7. The Morgan fingerprint density at radius 3 is 1.45 bits per heavy atom. The van der Waals surface area contributed by atoms with Crippen molar-refractivity contribution < 1.29 is 0 Å². The fourth-order valence-corrected chi connectivity index (χ4v) is 1.94. The van der Waals surface area contributed by atoms with Gasteiger partial charge in [0.25, 0.3) is 0 Å². The summed E-state index contributed by atoms with van der Waals surface area (Å²) < 4.78 is 0. The molecule has 1 aromatic rings. The first-order valence-corrected chi connectivity index (χ1v) is 8.02. The molecule has 0 aromatic heterocycles. The molecule has 2 heteroatoms.